The van der Waals surface area contributed by atoms with Gasteiger partial charge in [-0.05, 0) is 57.4 Å². The minimum absolute atomic E-state index is 0.193. The zero-order valence-corrected chi connectivity index (χ0v) is 16.0. The minimum Gasteiger partial charge on any atom is -0.372 e. The lowest BCUT2D eigenvalue weighted by Gasteiger charge is -2.30. The van der Waals surface area contributed by atoms with Gasteiger partial charge in [0.2, 0.25) is 0 Å². The van der Waals surface area contributed by atoms with Crippen LogP contribution in [0.2, 0.25) is 0 Å². The smallest absolute Gasteiger partial charge is 0.313 e. The molecule has 138 valence electrons. The van der Waals surface area contributed by atoms with Gasteiger partial charge in [-0.1, -0.05) is 19.3 Å². The Labute approximate surface area is 151 Å². The molecule has 0 heterocycles. The number of nitrogens with one attached hydrogen (secondary N) is 1. The summed E-state index contributed by atoms with van der Waals surface area (Å²) in [5, 5.41) is 2.78. The van der Waals surface area contributed by atoms with Gasteiger partial charge in [0.25, 0.3) is 0 Å². The third-order valence-electron chi connectivity index (χ3n) is 5.22. The molecule has 2 amide bonds. The zero-order chi connectivity index (χ0) is 18.4. The number of amides is 2. The van der Waals surface area contributed by atoms with Crippen LogP contribution in [0.1, 0.15) is 51.5 Å². The summed E-state index contributed by atoms with van der Waals surface area (Å²) in [5.74, 6) is -0.995. The minimum atomic E-state index is -0.549. The van der Waals surface area contributed by atoms with Crippen LogP contribution in [0.5, 0.6) is 0 Å². The number of rotatable bonds is 5. The van der Waals surface area contributed by atoms with Crippen molar-refractivity contribution in [2.24, 2.45) is 0 Å². The monoisotopic (exact) mass is 345 g/mol. The Morgan fingerprint density at radius 2 is 1.76 bits per heavy atom. The molecule has 0 spiro atoms. The Morgan fingerprint density at radius 1 is 1.12 bits per heavy atom. The molecule has 1 fully saturated rings. The van der Waals surface area contributed by atoms with Crippen LogP contribution in [0, 0.1) is 6.92 Å². The van der Waals surface area contributed by atoms with Crippen molar-refractivity contribution in [2.45, 2.75) is 58.9 Å². The topological polar surface area (TPSA) is 52.7 Å². The molecule has 0 atom stereocenters. The second-order valence-electron chi connectivity index (χ2n) is 6.83. The van der Waals surface area contributed by atoms with Gasteiger partial charge in [0.15, 0.2) is 0 Å². The Morgan fingerprint density at radius 3 is 2.32 bits per heavy atom. The van der Waals surface area contributed by atoms with Crippen molar-refractivity contribution in [3.8, 4) is 0 Å². The van der Waals surface area contributed by atoms with Crippen LogP contribution in [-0.4, -0.2) is 42.9 Å². The molecular formula is C20H31N3O2. The van der Waals surface area contributed by atoms with Gasteiger partial charge in [0.05, 0.1) is 0 Å². The van der Waals surface area contributed by atoms with Crippen molar-refractivity contribution in [2.75, 3.05) is 30.4 Å². The molecular weight excluding hydrogens is 314 g/mol. The Bertz CT molecular complexity index is 605. The van der Waals surface area contributed by atoms with E-state index in [1.807, 2.05) is 19.1 Å². The molecule has 1 aliphatic carbocycles. The molecule has 0 bridgehead atoms. The third kappa shape index (κ3) is 4.74. The van der Waals surface area contributed by atoms with Crippen LogP contribution in [0.3, 0.4) is 0 Å². The van der Waals surface area contributed by atoms with E-state index in [1.165, 1.54) is 6.42 Å². The maximum atomic E-state index is 12.4. The van der Waals surface area contributed by atoms with Crippen LogP contribution in [0.25, 0.3) is 0 Å². The van der Waals surface area contributed by atoms with Crippen LogP contribution in [0.4, 0.5) is 11.4 Å². The van der Waals surface area contributed by atoms with E-state index in [4.69, 9.17) is 0 Å². The molecule has 0 radical (unpaired) electrons. The molecule has 1 saturated carbocycles. The molecule has 0 unspecified atom stereocenters. The average Bonchev–Trinajstić information content (AvgIpc) is 2.64. The van der Waals surface area contributed by atoms with Gasteiger partial charge < -0.3 is 15.1 Å². The first-order chi connectivity index (χ1) is 12.0. The third-order valence-corrected chi connectivity index (χ3v) is 5.22. The van der Waals surface area contributed by atoms with Crippen LogP contribution >= 0.6 is 0 Å². The molecule has 1 aliphatic rings. The predicted molar refractivity (Wildman–Crippen MR) is 103 cm³/mol. The maximum absolute atomic E-state index is 12.4. The van der Waals surface area contributed by atoms with Crippen LogP contribution in [-0.2, 0) is 9.59 Å². The van der Waals surface area contributed by atoms with Crippen molar-refractivity contribution < 1.29 is 9.59 Å². The summed E-state index contributed by atoms with van der Waals surface area (Å²) in [6.45, 7) is 8.07. The predicted octanol–water partition coefficient (Wildman–Crippen LogP) is 3.57. The van der Waals surface area contributed by atoms with Gasteiger partial charge in [-0.3, -0.25) is 9.59 Å². The molecule has 5 heteroatoms. The van der Waals surface area contributed by atoms with Gasteiger partial charge in [-0.2, -0.15) is 0 Å². The quantitative estimate of drug-likeness (QED) is 0.830. The number of carbonyl (C=O) groups is 2. The SMILES string of the molecule is CCN(CC)c1ccc(NC(=O)C(=O)N(C)C2CCCCC2)c(C)c1. The largest absolute Gasteiger partial charge is 0.372 e. The van der Waals surface area contributed by atoms with E-state index in [-0.39, 0.29) is 6.04 Å². The number of carbonyl (C=O) groups excluding carboxylic acids is 2. The molecule has 0 saturated heterocycles. The molecule has 1 aromatic carbocycles. The van der Waals surface area contributed by atoms with E-state index >= 15 is 0 Å². The number of nitrogens with zero attached hydrogens (tertiary/aromatic N) is 2. The number of hydrogen-bond donors (Lipinski definition) is 1. The fourth-order valence-electron chi connectivity index (χ4n) is 3.54. The Kier molecular flexibility index (Phi) is 6.85. The first kappa shape index (κ1) is 19.3. The highest BCUT2D eigenvalue weighted by molar-refractivity contribution is 6.39. The second-order valence-corrected chi connectivity index (χ2v) is 6.83. The van der Waals surface area contributed by atoms with E-state index in [1.54, 1.807) is 11.9 Å². The molecule has 0 aromatic heterocycles. The van der Waals surface area contributed by atoms with Crippen molar-refractivity contribution in [1.29, 1.82) is 0 Å². The first-order valence-corrected chi connectivity index (χ1v) is 9.41. The Balaban J connectivity index is 2.03. The molecule has 1 aromatic rings. The summed E-state index contributed by atoms with van der Waals surface area (Å²) in [4.78, 5) is 28.7. The summed E-state index contributed by atoms with van der Waals surface area (Å²) in [6, 6.07) is 6.12. The first-order valence-electron chi connectivity index (χ1n) is 9.41. The summed E-state index contributed by atoms with van der Waals surface area (Å²) in [7, 11) is 1.74. The van der Waals surface area contributed by atoms with Gasteiger partial charge in [-0.15, -0.1) is 0 Å². The summed E-state index contributed by atoms with van der Waals surface area (Å²) < 4.78 is 0. The van der Waals surface area contributed by atoms with Crippen molar-refractivity contribution in [1.82, 2.24) is 4.90 Å². The zero-order valence-electron chi connectivity index (χ0n) is 16.0. The van der Waals surface area contributed by atoms with E-state index in [2.05, 4.69) is 30.1 Å². The average molecular weight is 345 g/mol. The van der Waals surface area contributed by atoms with Crippen LogP contribution < -0.4 is 10.2 Å². The highest BCUT2D eigenvalue weighted by Crippen LogP contribution is 2.24. The van der Waals surface area contributed by atoms with Crippen molar-refractivity contribution >= 4 is 23.2 Å². The van der Waals surface area contributed by atoms with E-state index in [0.29, 0.717) is 5.69 Å². The fraction of sp³-hybridized carbons (Fsp3) is 0.600. The second kappa shape index (κ2) is 8.88. The molecule has 2 rings (SSSR count). The van der Waals surface area contributed by atoms with Gasteiger partial charge in [0, 0.05) is 37.6 Å². The molecule has 1 N–H and O–H groups in total. The molecule has 25 heavy (non-hydrogen) atoms. The lowest BCUT2D eigenvalue weighted by molar-refractivity contribution is -0.144. The highest BCUT2D eigenvalue weighted by Gasteiger charge is 2.26. The summed E-state index contributed by atoms with van der Waals surface area (Å²) >= 11 is 0. The normalized spacial score (nSPS) is 14.9. The number of anilines is 2. The van der Waals surface area contributed by atoms with E-state index < -0.39 is 11.8 Å². The standard InChI is InChI=1S/C20H31N3O2/c1-5-23(6-2)17-12-13-18(15(3)14-17)21-19(24)20(25)22(4)16-10-8-7-9-11-16/h12-14,16H,5-11H2,1-4H3,(H,21,24). The van der Waals surface area contributed by atoms with E-state index in [9.17, 15) is 9.59 Å². The van der Waals surface area contributed by atoms with Crippen LogP contribution in [0.15, 0.2) is 18.2 Å². The number of aryl methyl sites for hydroxylation is 1. The van der Waals surface area contributed by atoms with Crippen molar-refractivity contribution in [3.05, 3.63) is 23.8 Å². The fourth-order valence-corrected chi connectivity index (χ4v) is 3.54. The maximum Gasteiger partial charge on any atom is 0.313 e. The molecule has 0 aliphatic heterocycles. The summed E-state index contributed by atoms with van der Waals surface area (Å²) in [5.41, 5.74) is 2.79. The number of likely N-dealkylation sites (N-methyl/N-ethyl adjacent to an activating group) is 1. The number of benzene rings is 1. The lowest BCUT2D eigenvalue weighted by Crippen LogP contribution is -2.44. The summed E-state index contributed by atoms with van der Waals surface area (Å²) in [6.07, 6.45) is 5.48. The van der Waals surface area contributed by atoms with Gasteiger partial charge in [-0.25, -0.2) is 0 Å². The molecule has 5 nitrogen and oxygen atoms in total. The number of hydrogen-bond acceptors (Lipinski definition) is 3. The lowest BCUT2D eigenvalue weighted by atomic mass is 9.94. The Hall–Kier alpha value is -2.04. The van der Waals surface area contributed by atoms with E-state index in [0.717, 1.165) is 50.0 Å². The van der Waals surface area contributed by atoms with Crippen molar-refractivity contribution in [3.63, 3.8) is 0 Å². The highest BCUT2D eigenvalue weighted by atomic mass is 16.2. The van der Waals surface area contributed by atoms with Gasteiger partial charge >= 0.3 is 11.8 Å². The van der Waals surface area contributed by atoms with Gasteiger partial charge in [0.1, 0.15) is 0 Å².